The first-order valence-corrected chi connectivity index (χ1v) is 7.79. The highest BCUT2D eigenvalue weighted by Crippen LogP contribution is 2.29. The SMILES string of the molecule is COc1cc(C(=O)Nc2nc(C)c(C(C)=O)s2)ccc1OC(C)=O. The Morgan fingerprint density at radius 1 is 1.17 bits per heavy atom. The normalized spacial score (nSPS) is 10.2. The van der Waals surface area contributed by atoms with Crippen molar-refractivity contribution in [2.45, 2.75) is 20.8 Å². The Morgan fingerprint density at radius 2 is 1.88 bits per heavy atom. The summed E-state index contributed by atoms with van der Waals surface area (Å²) in [4.78, 5) is 39.5. The number of nitrogens with one attached hydrogen (secondary N) is 1. The minimum Gasteiger partial charge on any atom is -0.493 e. The van der Waals surface area contributed by atoms with Crippen LogP contribution in [0.2, 0.25) is 0 Å². The van der Waals surface area contributed by atoms with E-state index < -0.39 is 11.9 Å². The molecule has 0 bridgehead atoms. The van der Waals surface area contributed by atoms with Crippen molar-refractivity contribution in [2.24, 2.45) is 0 Å². The molecule has 1 aromatic heterocycles. The minimum atomic E-state index is -0.486. The number of thiazole rings is 1. The summed E-state index contributed by atoms with van der Waals surface area (Å²) in [6.07, 6.45) is 0. The molecule has 1 heterocycles. The summed E-state index contributed by atoms with van der Waals surface area (Å²) in [6, 6.07) is 4.44. The number of Topliss-reactive ketones (excluding diaryl/α,β-unsaturated/α-hetero) is 1. The predicted octanol–water partition coefficient (Wildman–Crippen LogP) is 2.84. The van der Waals surface area contributed by atoms with Gasteiger partial charge in [0.15, 0.2) is 22.4 Å². The van der Waals surface area contributed by atoms with E-state index in [2.05, 4.69) is 10.3 Å². The molecule has 1 aromatic carbocycles. The molecule has 1 amide bonds. The van der Waals surface area contributed by atoms with Gasteiger partial charge in [0.2, 0.25) is 0 Å². The van der Waals surface area contributed by atoms with E-state index in [1.807, 2.05) is 0 Å². The summed E-state index contributed by atoms with van der Waals surface area (Å²) in [5.41, 5.74) is 0.880. The summed E-state index contributed by atoms with van der Waals surface area (Å²) < 4.78 is 10.1. The maximum Gasteiger partial charge on any atom is 0.308 e. The van der Waals surface area contributed by atoms with Crippen LogP contribution in [-0.2, 0) is 4.79 Å². The molecule has 0 aliphatic carbocycles. The molecule has 0 atom stereocenters. The molecule has 126 valence electrons. The third-order valence-electron chi connectivity index (χ3n) is 3.02. The zero-order chi connectivity index (χ0) is 17.9. The van der Waals surface area contributed by atoms with Gasteiger partial charge in [0.05, 0.1) is 17.7 Å². The molecule has 0 spiro atoms. The van der Waals surface area contributed by atoms with Gasteiger partial charge in [0, 0.05) is 19.4 Å². The standard InChI is InChI=1S/C16H16N2O5S/c1-8-14(9(2)19)24-16(17-8)18-15(21)11-5-6-12(23-10(3)20)13(7-11)22-4/h5-7H,1-4H3,(H,17,18,21). The zero-order valence-electron chi connectivity index (χ0n) is 13.6. The molecule has 0 radical (unpaired) electrons. The lowest BCUT2D eigenvalue weighted by molar-refractivity contribution is -0.132. The summed E-state index contributed by atoms with van der Waals surface area (Å²) >= 11 is 1.12. The highest BCUT2D eigenvalue weighted by Gasteiger charge is 2.16. The van der Waals surface area contributed by atoms with E-state index in [0.717, 1.165) is 11.3 Å². The van der Waals surface area contributed by atoms with Crippen LogP contribution in [-0.4, -0.2) is 29.8 Å². The molecule has 0 aliphatic rings. The maximum absolute atomic E-state index is 12.3. The number of aryl methyl sites for hydroxylation is 1. The van der Waals surface area contributed by atoms with Gasteiger partial charge in [-0.1, -0.05) is 11.3 Å². The lowest BCUT2D eigenvalue weighted by Gasteiger charge is -2.09. The molecular formula is C16H16N2O5S. The van der Waals surface area contributed by atoms with Crippen molar-refractivity contribution in [3.8, 4) is 11.5 Å². The Morgan fingerprint density at radius 3 is 2.42 bits per heavy atom. The Kier molecular flexibility index (Phi) is 5.30. The van der Waals surface area contributed by atoms with Gasteiger partial charge < -0.3 is 9.47 Å². The monoisotopic (exact) mass is 348 g/mol. The second kappa shape index (κ2) is 7.22. The molecule has 0 aliphatic heterocycles. The van der Waals surface area contributed by atoms with Crippen LogP contribution in [0.5, 0.6) is 11.5 Å². The lowest BCUT2D eigenvalue weighted by atomic mass is 10.2. The first kappa shape index (κ1) is 17.6. The average molecular weight is 348 g/mol. The van der Waals surface area contributed by atoms with E-state index in [-0.39, 0.29) is 17.3 Å². The number of aromatic nitrogens is 1. The van der Waals surface area contributed by atoms with Crippen molar-refractivity contribution in [1.29, 1.82) is 0 Å². The molecule has 7 nitrogen and oxygen atoms in total. The van der Waals surface area contributed by atoms with Crippen LogP contribution in [0.4, 0.5) is 5.13 Å². The number of carbonyl (C=O) groups is 3. The van der Waals surface area contributed by atoms with E-state index in [1.54, 1.807) is 6.92 Å². The molecule has 0 unspecified atom stereocenters. The third kappa shape index (κ3) is 3.96. The van der Waals surface area contributed by atoms with E-state index >= 15 is 0 Å². The van der Waals surface area contributed by atoms with Crippen LogP contribution < -0.4 is 14.8 Å². The van der Waals surface area contributed by atoms with Crippen LogP contribution in [0.3, 0.4) is 0 Å². The molecule has 0 saturated heterocycles. The smallest absolute Gasteiger partial charge is 0.308 e. The van der Waals surface area contributed by atoms with Crippen LogP contribution in [0.1, 0.15) is 39.6 Å². The zero-order valence-corrected chi connectivity index (χ0v) is 14.4. The number of hydrogen-bond donors (Lipinski definition) is 1. The summed E-state index contributed by atoms with van der Waals surface area (Å²) in [7, 11) is 1.41. The summed E-state index contributed by atoms with van der Waals surface area (Å²) in [5.74, 6) is -0.506. The molecule has 2 rings (SSSR count). The number of rotatable bonds is 5. The fourth-order valence-electron chi connectivity index (χ4n) is 1.99. The van der Waals surface area contributed by atoms with Gasteiger partial charge in [0.25, 0.3) is 5.91 Å². The van der Waals surface area contributed by atoms with Crippen molar-refractivity contribution in [2.75, 3.05) is 12.4 Å². The third-order valence-corrected chi connectivity index (χ3v) is 4.19. The van der Waals surface area contributed by atoms with E-state index in [4.69, 9.17) is 9.47 Å². The van der Waals surface area contributed by atoms with Gasteiger partial charge in [-0.3, -0.25) is 19.7 Å². The van der Waals surface area contributed by atoms with Crippen LogP contribution in [0.25, 0.3) is 0 Å². The number of methoxy groups -OCH3 is 1. The van der Waals surface area contributed by atoms with Gasteiger partial charge in [-0.25, -0.2) is 4.98 Å². The van der Waals surface area contributed by atoms with Crippen LogP contribution >= 0.6 is 11.3 Å². The number of hydrogen-bond acceptors (Lipinski definition) is 7. The topological polar surface area (TPSA) is 94.6 Å². The Bertz CT molecular complexity index is 813. The van der Waals surface area contributed by atoms with E-state index in [0.29, 0.717) is 21.3 Å². The van der Waals surface area contributed by atoms with Gasteiger partial charge in [-0.05, 0) is 25.1 Å². The second-order valence-electron chi connectivity index (χ2n) is 4.90. The number of anilines is 1. The highest BCUT2D eigenvalue weighted by atomic mass is 32.1. The Hall–Kier alpha value is -2.74. The highest BCUT2D eigenvalue weighted by molar-refractivity contribution is 7.17. The lowest BCUT2D eigenvalue weighted by Crippen LogP contribution is -2.12. The second-order valence-corrected chi connectivity index (χ2v) is 5.90. The van der Waals surface area contributed by atoms with Crippen molar-refractivity contribution in [1.82, 2.24) is 4.98 Å². The largest absolute Gasteiger partial charge is 0.493 e. The van der Waals surface area contributed by atoms with E-state index in [1.165, 1.54) is 39.2 Å². The van der Waals surface area contributed by atoms with Crippen molar-refractivity contribution in [3.63, 3.8) is 0 Å². The predicted molar refractivity (Wildman–Crippen MR) is 89.1 cm³/mol. The molecule has 2 aromatic rings. The average Bonchev–Trinajstić information content (AvgIpc) is 2.87. The number of benzene rings is 1. The summed E-state index contributed by atoms with van der Waals surface area (Å²) in [6.45, 7) is 4.43. The van der Waals surface area contributed by atoms with E-state index in [9.17, 15) is 14.4 Å². The Balaban J connectivity index is 2.22. The first-order chi connectivity index (χ1) is 11.3. The number of carbonyl (C=O) groups excluding carboxylic acids is 3. The number of amides is 1. The number of ether oxygens (including phenoxy) is 2. The number of ketones is 1. The van der Waals surface area contributed by atoms with Crippen molar-refractivity contribution in [3.05, 3.63) is 34.3 Å². The fraction of sp³-hybridized carbons (Fsp3) is 0.250. The van der Waals surface area contributed by atoms with Gasteiger partial charge >= 0.3 is 5.97 Å². The van der Waals surface area contributed by atoms with Gasteiger partial charge in [-0.2, -0.15) is 0 Å². The Labute approximate surface area is 142 Å². The molecule has 24 heavy (non-hydrogen) atoms. The fourth-order valence-corrected chi connectivity index (χ4v) is 2.85. The molecule has 0 saturated carbocycles. The van der Waals surface area contributed by atoms with Crippen LogP contribution in [0, 0.1) is 6.92 Å². The van der Waals surface area contributed by atoms with Crippen LogP contribution in [0.15, 0.2) is 18.2 Å². The van der Waals surface area contributed by atoms with Gasteiger partial charge in [-0.15, -0.1) is 0 Å². The summed E-state index contributed by atoms with van der Waals surface area (Å²) in [5, 5.41) is 2.98. The van der Waals surface area contributed by atoms with Gasteiger partial charge in [0.1, 0.15) is 0 Å². The molecule has 8 heteroatoms. The molecule has 1 N–H and O–H groups in total. The molecular weight excluding hydrogens is 332 g/mol. The van der Waals surface area contributed by atoms with Crippen molar-refractivity contribution < 1.29 is 23.9 Å². The maximum atomic E-state index is 12.3. The molecule has 0 fully saturated rings. The quantitative estimate of drug-likeness (QED) is 0.507. The number of nitrogens with zero attached hydrogens (tertiary/aromatic N) is 1. The van der Waals surface area contributed by atoms with Crippen molar-refractivity contribution >= 4 is 34.1 Å². The number of esters is 1. The first-order valence-electron chi connectivity index (χ1n) is 6.98. The minimum absolute atomic E-state index is 0.0992.